The van der Waals surface area contributed by atoms with Gasteiger partial charge in [0.05, 0.1) is 30.6 Å². The lowest BCUT2D eigenvalue weighted by molar-refractivity contribution is -0.119. The van der Waals surface area contributed by atoms with Crippen molar-refractivity contribution in [2.75, 3.05) is 32.1 Å². The van der Waals surface area contributed by atoms with Crippen LogP contribution in [0.25, 0.3) is 16.9 Å². The van der Waals surface area contributed by atoms with E-state index >= 15 is 0 Å². The number of nitrogens with two attached hydrogens (primary N) is 1. The number of nitrogens with one attached hydrogen (secondary N) is 3. The normalized spacial score (nSPS) is 11.9. The Hall–Kier alpha value is -3.77. The summed E-state index contributed by atoms with van der Waals surface area (Å²) in [4.78, 5) is 20.2. The summed E-state index contributed by atoms with van der Waals surface area (Å²) in [5, 5.41) is 19.5. The van der Waals surface area contributed by atoms with Crippen molar-refractivity contribution in [1.29, 1.82) is 0 Å². The number of imidazole rings is 1. The summed E-state index contributed by atoms with van der Waals surface area (Å²) < 4.78 is 21.3. The molecular weight excluding hydrogens is 513 g/mol. The molecule has 4 aromatic rings. The Kier molecular flexibility index (Phi) is 8.74. The third-order valence-electron chi connectivity index (χ3n) is 6.02. The maximum Gasteiger partial charge on any atom is 0.233 e. The molecule has 0 aliphatic rings. The molecule has 2 heterocycles. The number of hydrogen-bond donors (Lipinski definition) is 5. The molecule has 0 spiro atoms. The van der Waals surface area contributed by atoms with Gasteiger partial charge in [-0.05, 0) is 41.8 Å². The second-order valence-corrected chi connectivity index (χ2v) is 8.74. The van der Waals surface area contributed by atoms with Crippen LogP contribution in [0, 0.1) is 5.82 Å². The summed E-state index contributed by atoms with van der Waals surface area (Å²) in [5.41, 5.74) is 9.28. The fraction of sp³-hybridized carbons (Fsp3) is 0.269. The summed E-state index contributed by atoms with van der Waals surface area (Å²) in [7, 11) is 1.38. The zero-order valence-corrected chi connectivity index (χ0v) is 21.7. The Morgan fingerprint density at radius 2 is 2.08 bits per heavy atom. The van der Waals surface area contributed by atoms with Crippen LogP contribution in [0.4, 0.5) is 15.9 Å². The molecule has 6 N–H and O–H groups in total. The number of fused-ring (bicyclic) bond motifs is 1. The van der Waals surface area contributed by atoms with Crippen LogP contribution in [0.15, 0.2) is 48.9 Å². The number of ether oxygens (including phenoxy) is 1. The Balaban J connectivity index is 1.55. The van der Waals surface area contributed by atoms with Gasteiger partial charge in [0, 0.05) is 36.7 Å². The van der Waals surface area contributed by atoms with Crippen LogP contribution in [0.5, 0.6) is 5.75 Å². The molecule has 12 heteroatoms. The van der Waals surface area contributed by atoms with Gasteiger partial charge in [-0.15, -0.1) is 0 Å². The third kappa shape index (κ3) is 5.70. The van der Waals surface area contributed by atoms with Crippen molar-refractivity contribution >= 4 is 34.7 Å². The lowest BCUT2D eigenvalue weighted by Crippen LogP contribution is -2.36. The maximum atomic E-state index is 14.6. The number of benzene rings is 2. The number of hydrogen-bond acceptors (Lipinski definition) is 8. The summed E-state index contributed by atoms with van der Waals surface area (Å²) in [6.07, 6.45) is 4.72. The zero-order valence-electron chi connectivity index (χ0n) is 21.0. The minimum Gasteiger partial charge on any atom is -0.494 e. The van der Waals surface area contributed by atoms with Crippen molar-refractivity contribution < 1.29 is 19.0 Å². The second-order valence-electron chi connectivity index (χ2n) is 8.36. The molecule has 1 unspecified atom stereocenters. The van der Waals surface area contributed by atoms with Gasteiger partial charge < -0.3 is 26.2 Å². The highest BCUT2D eigenvalue weighted by Gasteiger charge is 2.18. The Bertz CT molecular complexity index is 1450. The van der Waals surface area contributed by atoms with Crippen molar-refractivity contribution in [3.05, 3.63) is 70.9 Å². The number of aliphatic hydroxyl groups excluding tert-OH is 1. The quantitative estimate of drug-likeness (QED) is 0.144. The molecule has 200 valence electrons. The minimum absolute atomic E-state index is 0.0606. The molecule has 0 aliphatic carbocycles. The molecule has 4 rings (SSSR count). The highest BCUT2D eigenvalue weighted by molar-refractivity contribution is 6.33. The van der Waals surface area contributed by atoms with E-state index in [9.17, 15) is 14.3 Å². The SMILES string of the molecule is CCc1cc(Nc2nccn3c(-c4ccc(OC)c(F)c4Cl)cnc23)ccc1C(O)NCCNC(=O)CN. The number of rotatable bonds is 11. The Morgan fingerprint density at radius 1 is 1.26 bits per heavy atom. The van der Waals surface area contributed by atoms with E-state index in [1.807, 2.05) is 25.1 Å². The van der Waals surface area contributed by atoms with Crippen molar-refractivity contribution in [2.24, 2.45) is 5.73 Å². The van der Waals surface area contributed by atoms with E-state index in [1.54, 1.807) is 29.1 Å². The molecule has 0 radical (unpaired) electrons. The highest BCUT2D eigenvalue weighted by Crippen LogP contribution is 2.35. The molecule has 1 amide bonds. The number of halogens is 2. The fourth-order valence-corrected chi connectivity index (χ4v) is 4.33. The average Bonchev–Trinajstić information content (AvgIpc) is 3.37. The molecule has 0 saturated heterocycles. The summed E-state index contributed by atoms with van der Waals surface area (Å²) in [6, 6.07) is 8.79. The van der Waals surface area contributed by atoms with Crippen LogP contribution in [0.3, 0.4) is 0 Å². The van der Waals surface area contributed by atoms with Crippen LogP contribution < -0.4 is 26.4 Å². The smallest absolute Gasteiger partial charge is 0.233 e. The van der Waals surface area contributed by atoms with Gasteiger partial charge in [-0.3, -0.25) is 14.5 Å². The standard InChI is InChI=1S/C26H29ClFN7O3/c1-3-15-12-16(4-5-17(15)26(37)32-9-8-30-21(36)13-29)34-24-25-33-14-19(35(25)11-10-31-24)18-6-7-20(38-2)23(28)22(18)27/h4-7,10-12,14,26,32,37H,3,8-9,13,29H2,1-2H3,(H,30,36)(H,31,34). The monoisotopic (exact) mass is 541 g/mol. The van der Waals surface area contributed by atoms with Crippen molar-refractivity contribution in [3.8, 4) is 17.0 Å². The van der Waals surface area contributed by atoms with Crippen molar-refractivity contribution in [2.45, 2.75) is 19.6 Å². The number of nitrogens with zero attached hydrogens (tertiary/aromatic N) is 3. The van der Waals surface area contributed by atoms with Gasteiger partial charge in [-0.25, -0.2) is 14.4 Å². The lowest BCUT2D eigenvalue weighted by atomic mass is 10.0. The number of aryl methyl sites for hydroxylation is 1. The van der Waals surface area contributed by atoms with Crippen LogP contribution in [-0.2, 0) is 11.2 Å². The van der Waals surface area contributed by atoms with Gasteiger partial charge in [0.15, 0.2) is 23.0 Å². The molecule has 2 aromatic carbocycles. The predicted octanol–water partition coefficient (Wildman–Crippen LogP) is 3.16. The van der Waals surface area contributed by atoms with E-state index < -0.39 is 12.0 Å². The van der Waals surface area contributed by atoms with Crippen LogP contribution >= 0.6 is 11.6 Å². The Morgan fingerprint density at radius 3 is 2.82 bits per heavy atom. The number of aliphatic hydroxyl groups is 1. The molecule has 0 bridgehead atoms. The number of carbonyl (C=O) groups is 1. The Labute approximate surface area is 224 Å². The molecule has 10 nitrogen and oxygen atoms in total. The lowest BCUT2D eigenvalue weighted by Gasteiger charge is -2.18. The van der Waals surface area contributed by atoms with Crippen LogP contribution in [0.1, 0.15) is 24.3 Å². The summed E-state index contributed by atoms with van der Waals surface area (Å²) in [5.74, 6) is -0.338. The predicted molar refractivity (Wildman–Crippen MR) is 144 cm³/mol. The van der Waals surface area contributed by atoms with Crippen LogP contribution in [-0.4, -0.2) is 52.1 Å². The highest BCUT2D eigenvalue weighted by atomic mass is 35.5. The van der Waals surface area contributed by atoms with E-state index in [-0.39, 0.29) is 23.2 Å². The van der Waals surface area contributed by atoms with Gasteiger partial charge in [0.2, 0.25) is 5.91 Å². The van der Waals surface area contributed by atoms with E-state index in [1.165, 1.54) is 13.2 Å². The number of aromatic nitrogens is 3. The topological polar surface area (TPSA) is 139 Å². The maximum absolute atomic E-state index is 14.6. The van der Waals surface area contributed by atoms with Gasteiger partial charge >= 0.3 is 0 Å². The zero-order chi connectivity index (χ0) is 27.2. The van der Waals surface area contributed by atoms with Crippen molar-refractivity contribution in [3.63, 3.8) is 0 Å². The molecule has 0 aliphatic heterocycles. The van der Waals surface area contributed by atoms with Gasteiger partial charge in [-0.2, -0.15) is 0 Å². The third-order valence-corrected chi connectivity index (χ3v) is 6.39. The first-order valence-corrected chi connectivity index (χ1v) is 12.4. The first-order chi connectivity index (χ1) is 18.4. The number of methoxy groups -OCH3 is 1. The first-order valence-electron chi connectivity index (χ1n) is 12.0. The molecular formula is C26H29ClFN7O3. The van der Waals surface area contributed by atoms with Gasteiger partial charge in [0.1, 0.15) is 6.23 Å². The molecule has 0 fully saturated rings. The first kappa shape index (κ1) is 27.3. The molecule has 38 heavy (non-hydrogen) atoms. The fourth-order valence-electron chi connectivity index (χ4n) is 4.08. The van der Waals surface area contributed by atoms with Gasteiger partial charge in [0.25, 0.3) is 0 Å². The molecule has 0 saturated carbocycles. The number of amides is 1. The van der Waals surface area contributed by atoms with Gasteiger partial charge in [-0.1, -0.05) is 24.6 Å². The molecule has 1 atom stereocenters. The summed E-state index contributed by atoms with van der Waals surface area (Å²) >= 11 is 6.30. The number of anilines is 2. The second kappa shape index (κ2) is 12.2. The van der Waals surface area contributed by atoms with Crippen molar-refractivity contribution in [1.82, 2.24) is 25.0 Å². The van der Waals surface area contributed by atoms with E-state index in [0.717, 1.165) is 16.8 Å². The van der Waals surface area contributed by atoms with Crippen LogP contribution in [0.2, 0.25) is 5.02 Å². The largest absolute Gasteiger partial charge is 0.494 e. The minimum atomic E-state index is -0.903. The summed E-state index contributed by atoms with van der Waals surface area (Å²) in [6.45, 7) is 2.65. The van der Waals surface area contributed by atoms with E-state index in [0.29, 0.717) is 42.2 Å². The average molecular weight is 542 g/mol. The number of carbonyl (C=O) groups excluding carboxylic acids is 1. The molecule has 2 aromatic heterocycles. The van der Waals surface area contributed by atoms with E-state index in [2.05, 4.69) is 25.9 Å². The van der Waals surface area contributed by atoms with E-state index in [4.69, 9.17) is 22.1 Å².